The number of aromatic nitrogens is 1. The zero-order valence-electron chi connectivity index (χ0n) is 17.3. The summed E-state index contributed by atoms with van der Waals surface area (Å²) in [5, 5.41) is 0. The number of oxazole rings is 1. The molecule has 2 aliphatic heterocycles. The summed E-state index contributed by atoms with van der Waals surface area (Å²) in [7, 11) is 0. The Bertz CT molecular complexity index is 905. The SMILES string of the molecule is CC(=O)N1CCC(C(=O)N2CCCC(c3ncc(Cc4cccc(F)c4)o3)C2)CC1. The Labute approximate surface area is 176 Å². The highest BCUT2D eigenvalue weighted by atomic mass is 19.1. The van der Waals surface area contributed by atoms with Crippen molar-refractivity contribution in [1.29, 1.82) is 0 Å². The molecule has 2 fully saturated rings. The van der Waals surface area contributed by atoms with Crippen LogP contribution in [0.4, 0.5) is 4.39 Å². The largest absolute Gasteiger partial charge is 0.445 e. The van der Waals surface area contributed by atoms with Crippen molar-refractivity contribution in [1.82, 2.24) is 14.8 Å². The summed E-state index contributed by atoms with van der Waals surface area (Å²) in [6, 6.07) is 6.48. The van der Waals surface area contributed by atoms with Gasteiger partial charge in [0.15, 0.2) is 5.89 Å². The van der Waals surface area contributed by atoms with E-state index in [1.165, 1.54) is 12.1 Å². The van der Waals surface area contributed by atoms with E-state index in [0.717, 1.165) is 37.8 Å². The van der Waals surface area contributed by atoms with Crippen LogP contribution in [-0.2, 0) is 16.0 Å². The van der Waals surface area contributed by atoms with Crippen LogP contribution in [0.3, 0.4) is 0 Å². The minimum atomic E-state index is -0.261. The predicted molar refractivity (Wildman–Crippen MR) is 109 cm³/mol. The van der Waals surface area contributed by atoms with E-state index in [4.69, 9.17) is 4.42 Å². The van der Waals surface area contributed by atoms with Gasteiger partial charge in [0.1, 0.15) is 11.6 Å². The summed E-state index contributed by atoms with van der Waals surface area (Å²) in [4.78, 5) is 32.7. The number of amides is 2. The molecule has 1 atom stereocenters. The van der Waals surface area contributed by atoms with Crippen molar-refractivity contribution in [3.05, 3.63) is 53.5 Å². The standard InChI is InChI=1S/C23H28FN3O3/c1-16(28)26-10-7-18(8-11-26)23(29)27-9-3-5-19(15-27)22-25-14-21(30-22)13-17-4-2-6-20(24)12-17/h2,4,6,12,14,18-19H,3,5,7-11,13,15H2,1H3. The number of hydrogen-bond donors (Lipinski definition) is 0. The zero-order valence-corrected chi connectivity index (χ0v) is 17.3. The van der Waals surface area contributed by atoms with Gasteiger partial charge in [-0.1, -0.05) is 12.1 Å². The van der Waals surface area contributed by atoms with Gasteiger partial charge >= 0.3 is 0 Å². The van der Waals surface area contributed by atoms with Crippen LogP contribution in [-0.4, -0.2) is 52.8 Å². The molecule has 1 aromatic carbocycles. The van der Waals surface area contributed by atoms with E-state index < -0.39 is 0 Å². The van der Waals surface area contributed by atoms with Crippen LogP contribution in [0.25, 0.3) is 0 Å². The van der Waals surface area contributed by atoms with Gasteiger partial charge in [-0.15, -0.1) is 0 Å². The molecule has 4 rings (SSSR count). The molecule has 0 saturated carbocycles. The fourth-order valence-corrected chi connectivity index (χ4v) is 4.52. The van der Waals surface area contributed by atoms with E-state index in [-0.39, 0.29) is 29.5 Å². The molecule has 2 aromatic rings. The molecule has 2 aliphatic rings. The maximum absolute atomic E-state index is 13.4. The van der Waals surface area contributed by atoms with E-state index in [0.29, 0.717) is 37.7 Å². The van der Waals surface area contributed by atoms with E-state index in [9.17, 15) is 14.0 Å². The number of carbonyl (C=O) groups excluding carboxylic acids is 2. The Morgan fingerprint density at radius 2 is 1.97 bits per heavy atom. The third-order valence-corrected chi connectivity index (χ3v) is 6.21. The molecule has 0 bridgehead atoms. The van der Waals surface area contributed by atoms with Gasteiger partial charge in [-0.3, -0.25) is 9.59 Å². The van der Waals surface area contributed by atoms with Crippen molar-refractivity contribution in [2.24, 2.45) is 5.92 Å². The molecular formula is C23H28FN3O3. The van der Waals surface area contributed by atoms with Gasteiger partial charge in [-0.05, 0) is 43.4 Å². The van der Waals surface area contributed by atoms with Crippen LogP contribution in [0.15, 0.2) is 34.9 Å². The number of hydrogen-bond acceptors (Lipinski definition) is 4. The first-order chi connectivity index (χ1) is 14.5. The zero-order chi connectivity index (χ0) is 21.1. The number of rotatable bonds is 4. The number of likely N-dealkylation sites (tertiary alicyclic amines) is 2. The molecule has 0 spiro atoms. The van der Waals surface area contributed by atoms with Crippen molar-refractivity contribution in [3.63, 3.8) is 0 Å². The van der Waals surface area contributed by atoms with Crippen molar-refractivity contribution >= 4 is 11.8 Å². The van der Waals surface area contributed by atoms with Crippen molar-refractivity contribution in [2.75, 3.05) is 26.2 Å². The average Bonchev–Trinajstić information content (AvgIpc) is 3.22. The number of halogens is 1. The molecular weight excluding hydrogens is 385 g/mol. The maximum Gasteiger partial charge on any atom is 0.225 e. The Balaban J connectivity index is 1.35. The monoisotopic (exact) mass is 413 g/mol. The molecule has 1 aromatic heterocycles. The molecule has 0 aliphatic carbocycles. The summed E-state index contributed by atoms with van der Waals surface area (Å²) in [6.07, 6.45) is 5.52. The van der Waals surface area contributed by atoms with Gasteiger partial charge in [0.2, 0.25) is 11.8 Å². The summed E-state index contributed by atoms with van der Waals surface area (Å²) in [5.74, 6) is 1.45. The van der Waals surface area contributed by atoms with Crippen LogP contribution in [0, 0.1) is 11.7 Å². The van der Waals surface area contributed by atoms with Gasteiger partial charge in [-0.25, -0.2) is 9.37 Å². The third kappa shape index (κ3) is 4.71. The summed E-state index contributed by atoms with van der Waals surface area (Å²) < 4.78 is 19.4. The first-order valence-electron chi connectivity index (χ1n) is 10.7. The molecule has 6 nitrogen and oxygen atoms in total. The van der Waals surface area contributed by atoms with Crippen LogP contribution in [0.2, 0.25) is 0 Å². The van der Waals surface area contributed by atoms with E-state index >= 15 is 0 Å². The minimum absolute atomic E-state index is 0.00699. The van der Waals surface area contributed by atoms with Crippen molar-refractivity contribution in [2.45, 2.75) is 44.9 Å². The predicted octanol–water partition coefficient (Wildman–Crippen LogP) is 3.37. The molecule has 3 heterocycles. The summed E-state index contributed by atoms with van der Waals surface area (Å²) >= 11 is 0. The number of piperidine rings is 2. The topological polar surface area (TPSA) is 66.7 Å². The average molecular weight is 413 g/mol. The number of benzene rings is 1. The first kappa shape index (κ1) is 20.6. The second-order valence-electron chi connectivity index (χ2n) is 8.38. The normalized spacial score (nSPS) is 20.4. The van der Waals surface area contributed by atoms with Crippen LogP contribution in [0.1, 0.15) is 55.7 Å². The Kier molecular flexibility index (Phi) is 6.16. The lowest BCUT2D eigenvalue weighted by Gasteiger charge is -2.37. The number of nitrogens with zero attached hydrogens (tertiary/aromatic N) is 3. The highest BCUT2D eigenvalue weighted by Gasteiger charge is 2.33. The number of carbonyl (C=O) groups is 2. The Morgan fingerprint density at radius 3 is 2.70 bits per heavy atom. The summed E-state index contributed by atoms with van der Waals surface area (Å²) in [6.45, 7) is 4.28. The van der Waals surface area contributed by atoms with Gasteiger partial charge in [0.25, 0.3) is 0 Å². The van der Waals surface area contributed by atoms with Crippen LogP contribution in [0.5, 0.6) is 0 Å². The van der Waals surface area contributed by atoms with Crippen LogP contribution < -0.4 is 0 Å². The summed E-state index contributed by atoms with van der Waals surface area (Å²) in [5.41, 5.74) is 0.843. The Morgan fingerprint density at radius 1 is 1.17 bits per heavy atom. The molecule has 2 amide bonds. The highest BCUT2D eigenvalue weighted by Crippen LogP contribution is 2.29. The molecule has 160 valence electrons. The fourth-order valence-electron chi connectivity index (χ4n) is 4.52. The first-order valence-corrected chi connectivity index (χ1v) is 10.7. The molecule has 2 saturated heterocycles. The molecule has 7 heteroatoms. The van der Waals surface area contributed by atoms with Crippen LogP contribution >= 0.6 is 0 Å². The molecule has 30 heavy (non-hydrogen) atoms. The second-order valence-corrected chi connectivity index (χ2v) is 8.38. The Hall–Kier alpha value is -2.70. The lowest BCUT2D eigenvalue weighted by Crippen LogP contribution is -2.46. The van der Waals surface area contributed by atoms with E-state index in [1.807, 2.05) is 15.9 Å². The second kappa shape index (κ2) is 8.98. The van der Waals surface area contributed by atoms with Crippen molar-refractivity contribution in [3.8, 4) is 0 Å². The quantitative estimate of drug-likeness (QED) is 0.771. The molecule has 0 radical (unpaired) electrons. The third-order valence-electron chi connectivity index (χ3n) is 6.21. The van der Waals surface area contributed by atoms with Crippen molar-refractivity contribution < 1.29 is 18.4 Å². The minimum Gasteiger partial charge on any atom is -0.445 e. The van der Waals surface area contributed by atoms with Gasteiger partial charge in [0, 0.05) is 45.4 Å². The molecule has 0 N–H and O–H groups in total. The van der Waals surface area contributed by atoms with Gasteiger partial charge in [-0.2, -0.15) is 0 Å². The lowest BCUT2D eigenvalue weighted by molar-refractivity contribution is -0.141. The van der Waals surface area contributed by atoms with Gasteiger partial charge < -0.3 is 14.2 Å². The molecule has 1 unspecified atom stereocenters. The van der Waals surface area contributed by atoms with Gasteiger partial charge in [0.05, 0.1) is 12.1 Å². The fraction of sp³-hybridized carbons (Fsp3) is 0.522. The van der Waals surface area contributed by atoms with E-state index in [2.05, 4.69) is 4.98 Å². The highest BCUT2D eigenvalue weighted by molar-refractivity contribution is 5.80. The maximum atomic E-state index is 13.4. The smallest absolute Gasteiger partial charge is 0.225 e. The lowest BCUT2D eigenvalue weighted by atomic mass is 9.92. The van der Waals surface area contributed by atoms with E-state index in [1.54, 1.807) is 19.2 Å².